The summed E-state index contributed by atoms with van der Waals surface area (Å²) in [5.74, 6) is -0.558. The predicted molar refractivity (Wildman–Crippen MR) is 91.7 cm³/mol. The maximum absolute atomic E-state index is 12.4. The number of benzene rings is 1. The van der Waals surface area contributed by atoms with Gasteiger partial charge in [0, 0.05) is 19.0 Å². The van der Waals surface area contributed by atoms with Gasteiger partial charge < -0.3 is 14.4 Å². The van der Waals surface area contributed by atoms with Crippen LogP contribution in [-0.4, -0.2) is 42.3 Å². The molecule has 0 unspecified atom stereocenters. The second-order valence-corrected chi connectivity index (χ2v) is 7.09. The third-order valence-corrected chi connectivity index (χ3v) is 4.08. The first-order valence-electron chi connectivity index (χ1n) is 8.51. The van der Waals surface area contributed by atoms with E-state index >= 15 is 0 Å². The van der Waals surface area contributed by atoms with Crippen molar-refractivity contribution in [3.8, 4) is 0 Å². The average molecular weight is 333 g/mol. The van der Waals surface area contributed by atoms with Gasteiger partial charge in [0.2, 0.25) is 0 Å². The topological polar surface area (TPSA) is 55.8 Å². The normalized spacial score (nSPS) is 21.2. The van der Waals surface area contributed by atoms with E-state index in [4.69, 9.17) is 9.47 Å². The van der Waals surface area contributed by atoms with E-state index in [0.717, 1.165) is 5.56 Å². The van der Waals surface area contributed by atoms with Crippen LogP contribution in [0.2, 0.25) is 0 Å². The van der Waals surface area contributed by atoms with Crippen LogP contribution in [0.15, 0.2) is 30.3 Å². The second-order valence-electron chi connectivity index (χ2n) is 7.09. The molecule has 1 aromatic rings. The lowest BCUT2D eigenvalue weighted by Gasteiger charge is -2.38. The minimum Gasteiger partial charge on any atom is -0.466 e. The fourth-order valence-corrected chi connectivity index (χ4v) is 3.03. The molecule has 1 amide bonds. The lowest BCUT2D eigenvalue weighted by atomic mass is 9.80. The number of ether oxygens (including phenoxy) is 2. The zero-order valence-corrected chi connectivity index (χ0v) is 15.0. The van der Waals surface area contributed by atoms with Crippen molar-refractivity contribution in [2.45, 2.75) is 45.6 Å². The molecule has 2 atom stereocenters. The zero-order valence-electron chi connectivity index (χ0n) is 15.0. The van der Waals surface area contributed by atoms with Crippen molar-refractivity contribution in [2.24, 2.45) is 5.92 Å². The third kappa shape index (κ3) is 4.73. The molecule has 0 aromatic heterocycles. The van der Waals surface area contributed by atoms with Crippen LogP contribution in [0.4, 0.5) is 4.79 Å². The highest BCUT2D eigenvalue weighted by atomic mass is 16.6. The number of rotatable bonds is 3. The van der Waals surface area contributed by atoms with Crippen LogP contribution in [0.5, 0.6) is 0 Å². The molecule has 0 N–H and O–H groups in total. The van der Waals surface area contributed by atoms with Crippen molar-refractivity contribution in [1.29, 1.82) is 0 Å². The summed E-state index contributed by atoms with van der Waals surface area (Å²) in [4.78, 5) is 26.4. The van der Waals surface area contributed by atoms with Crippen LogP contribution in [0.25, 0.3) is 0 Å². The minimum absolute atomic E-state index is 0.0592. The Hall–Kier alpha value is -2.04. The molecule has 0 saturated carbocycles. The van der Waals surface area contributed by atoms with Crippen molar-refractivity contribution < 1.29 is 19.1 Å². The third-order valence-electron chi connectivity index (χ3n) is 4.08. The summed E-state index contributed by atoms with van der Waals surface area (Å²) in [6.45, 7) is 8.55. The van der Waals surface area contributed by atoms with Crippen molar-refractivity contribution in [2.75, 3.05) is 19.7 Å². The summed E-state index contributed by atoms with van der Waals surface area (Å²) in [5.41, 5.74) is 0.562. The Morgan fingerprint density at radius 1 is 1.21 bits per heavy atom. The first-order chi connectivity index (χ1) is 11.3. The van der Waals surface area contributed by atoms with E-state index in [-0.39, 0.29) is 23.9 Å². The minimum atomic E-state index is -0.549. The molecule has 1 heterocycles. The highest BCUT2D eigenvalue weighted by molar-refractivity contribution is 5.76. The molecule has 5 heteroatoms. The van der Waals surface area contributed by atoms with E-state index in [0.29, 0.717) is 26.1 Å². The molecule has 1 aliphatic rings. The predicted octanol–water partition coefficient (Wildman–Crippen LogP) is 3.59. The lowest BCUT2D eigenvalue weighted by molar-refractivity contribution is -0.150. The number of amides is 1. The average Bonchev–Trinajstić information content (AvgIpc) is 2.54. The van der Waals surface area contributed by atoms with Crippen molar-refractivity contribution in [3.05, 3.63) is 35.9 Å². The fourth-order valence-electron chi connectivity index (χ4n) is 3.03. The Bertz CT molecular complexity index is 564. The molecule has 0 aliphatic carbocycles. The van der Waals surface area contributed by atoms with Gasteiger partial charge >= 0.3 is 12.1 Å². The summed E-state index contributed by atoms with van der Waals surface area (Å²) in [6, 6.07) is 9.95. The summed E-state index contributed by atoms with van der Waals surface area (Å²) in [5, 5.41) is 0. The highest BCUT2D eigenvalue weighted by Gasteiger charge is 2.38. The number of esters is 1. The smallest absolute Gasteiger partial charge is 0.410 e. The van der Waals surface area contributed by atoms with Gasteiger partial charge in [-0.15, -0.1) is 0 Å². The van der Waals surface area contributed by atoms with E-state index in [1.54, 1.807) is 11.8 Å². The Balaban J connectivity index is 2.16. The monoisotopic (exact) mass is 333 g/mol. The van der Waals surface area contributed by atoms with Gasteiger partial charge in [-0.3, -0.25) is 4.79 Å². The van der Waals surface area contributed by atoms with Crippen LogP contribution in [0, 0.1) is 5.92 Å². The first kappa shape index (κ1) is 18.3. The number of hydrogen-bond donors (Lipinski definition) is 0. The Labute approximate surface area is 143 Å². The highest BCUT2D eigenvalue weighted by Crippen LogP contribution is 2.34. The molecule has 5 nitrogen and oxygen atoms in total. The van der Waals surface area contributed by atoms with Crippen molar-refractivity contribution >= 4 is 12.1 Å². The van der Waals surface area contributed by atoms with Gasteiger partial charge in [0.25, 0.3) is 0 Å². The SMILES string of the molecule is CCOC(=O)[C@H]1CN(C(=O)OC(C)(C)C)CC[C@@H]1c1ccccc1. The molecule has 132 valence electrons. The largest absolute Gasteiger partial charge is 0.466 e. The quantitative estimate of drug-likeness (QED) is 0.793. The number of piperidine rings is 1. The first-order valence-corrected chi connectivity index (χ1v) is 8.51. The maximum atomic E-state index is 12.4. The Morgan fingerprint density at radius 2 is 1.88 bits per heavy atom. The Morgan fingerprint density at radius 3 is 2.46 bits per heavy atom. The van der Waals surface area contributed by atoms with E-state index in [2.05, 4.69) is 0 Å². The van der Waals surface area contributed by atoms with E-state index in [1.165, 1.54) is 0 Å². The van der Waals surface area contributed by atoms with Crippen LogP contribution < -0.4 is 0 Å². The number of nitrogens with zero attached hydrogens (tertiary/aromatic N) is 1. The van der Waals surface area contributed by atoms with Gasteiger partial charge in [-0.05, 0) is 39.7 Å². The van der Waals surface area contributed by atoms with Crippen LogP contribution in [0.3, 0.4) is 0 Å². The molecule has 1 aliphatic heterocycles. The standard InChI is InChI=1S/C19H27NO4/c1-5-23-17(21)16-13-20(18(22)24-19(2,3)4)12-11-15(16)14-9-7-6-8-10-14/h6-10,15-16H,5,11-13H2,1-4H3/t15-,16+/m1/s1. The number of carbonyl (C=O) groups is 2. The van der Waals surface area contributed by atoms with Gasteiger partial charge in [0.05, 0.1) is 12.5 Å². The molecule has 0 spiro atoms. The second kappa shape index (κ2) is 7.69. The summed E-state index contributed by atoms with van der Waals surface area (Å²) in [6.07, 6.45) is 0.343. The fraction of sp³-hybridized carbons (Fsp3) is 0.579. The van der Waals surface area contributed by atoms with Crippen molar-refractivity contribution in [1.82, 2.24) is 4.90 Å². The van der Waals surface area contributed by atoms with E-state index in [9.17, 15) is 9.59 Å². The molecule has 24 heavy (non-hydrogen) atoms. The van der Waals surface area contributed by atoms with E-state index < -0.39 is 5.60 Å². The maximum Gasteiger partial charge on any atom is 0.410 e. The van der Waals surface area contributed by atoms with Gasteiger partial charge in [-0.2, -0.15) is 0 Å². The molecule has 0 bridgehead atoms. The molecule has 2 rings (SSSR count). The molecule has 1 fully saturated rings. The van der Waals surface area contributed by atoms with E-state index in [1.807, 2.05) is 51.1 Å². The number of likely N-dealkylation sites (tertiary alicyclic amines) is 1. The number of hydrogen-bond acceptors (Lipinski definition) is 4. The van der Waals surface area contributed by atoms with Gasteiger partial charge in [-0.25, -0.2) is 4.79 Å². The van der Waals surface area contributed by atoms with Gasteiger partial charge in [-0.1, -0.05) is 30.3 Å². The zero-order chi connectivity index (χ0) is 17.7. The van der Waals surface area contributed by atoms with Crippen LogP contribution >= 0.6 is 0 Å². The van der Waals surface area contributed by atoms with Crippen molar-refractivity contribution in [3.63, 3.8) is 0 Å². The number of carbonyl (C=O) groups excluding carboxylic acids is 2. The lowest BCUT2D eigenvalue weighted by Crippen LogP contribution is -2.47. The summed E-state index contributed by atoms with van der Waals surface area (Å²) >= 11 is 0. The van der Waals surface area contributed by atoms with Gasteiger partial charge in [0.15, 0.2) is 0 Å². The molecule has 1 aromatic carbocycles. The van der Waals surface area contributed by atoms with Crippen LogP contribution in [0.1, 0.15) is 45.6 Å². The molecule has 0 radical (unpaired) electrons. The summed E-state index contributed by atoms with van der Waals surface area (Å²) in [7, 11) is 0. The summed E-state index contributed by atoms with van der Waals surface area (Å²) < 4.78 is 10.7. The molecule has 1 saturated heterocycles. The Kier molecular flexibility index (Phi) is 5.86. The molecular weight excluding hydrogens is 306 g/mol. The van der Waals surface area contributed by atoms with Gasteiger partial charge in [0.1, 0.15) is 5.60 Å². The van der Waals surface area contributed by atoms with Crippen LogP contribution in [-0.2, 0) is 14.3 Å². The molecular formula is C19H27NO4.